The number of amides is 1. The summed E-state index contributed by atoms with van der Waals surface area (Å²) in [6.07, 6.45) is 2.03. The van der Waals surface area contributed by atoms with Gasteiger partial charge in [-0.1, -0.05) is 28.7 Å². The number of carbonyl (C=O) groups excluding carboxylic acids is 1. The van der Waals surface area contributed by atoms with Gasteiger partial charge in [-0.3, -0.25) is 14.9 Å². The van der Waals surface area contributed by atoms with Crippen LogP contribution in [-0.2, 0) is 6.54 Å². The van der Waals surface area contributed by atoms with Crippen LogP contribution in [0.1, 0.15) is 15.2 Å². The second kappa shape index (κ2) is 7.51. The summed E-state index contributed by atoms with van der Waals surface area (Å²) < 4.78 is 3.11. The highest BCUT2D eigenvalue weighted by atomic mass is 32.2. The van der Waals surface area contributed by atoms with E-state index in [0.29, 0.717) is 4.80 Å². The Kier molecular flexibility index (Phi) is 5.36. The van der Waals surface area contributed by atoms with E-state index in [1.54, 1.807) is 11.8 Å². The summed E-state index contributed by atoms with van der Waals surface area (Å²) >= 11 is 4.04. The number of aryl methyl sites for hydroxylation is 2. The number of hydrogen-bond acceptors (Lipinski definition) is 6. The van der Waals surface area contributed by atoms with Crippen molar-refractivity contribution in [2.45, 2.75) is 13.5 Å². The van der Waals surface area contributed by atoms with Crippen LogP contribution < -0.4 is 4.80 Å². The molecule has 0 saturated carbocycles. The van der Waals surface area contributed by atoms with Crippen molar-refractivity contribution >= 4 is 55.6 Å². The van der Waals surface area contributed by atoms with Crippen LogP contribution in [0, 0.1) is 17.0 Å². The first kappa shape index (κ1) is 17.8. The van der Waals surface area contributed by atoms with Crippen molar-refractivity contribution in [1.29, 1.82) is 0 Å². The average molecular weight is 394 g/mol. The highest BCUT2D eigenvalue weighted by Gasteiger charge is 2.15. The molecule has 6 nitrogen and oxygen atoms in total. The van der Waals surface area contributed by atoms with E-state index < -0.39 is 10.8 Å². The molecule has 0 N–H and O–H groups in total. The lowest BCUT2D eigenvalue weighted by atomic mass is 10.2. The predicted octanol–water partition coefficient (Wildman–Crippen LogP) is 4.09. The lowest BCUT2D eigenvalue weighted by Gasteiger charge is -2.03. The van der Waals surface area contributed by atoms with E-state index in [-0.39, 0.29) is 9.88 Å². The molecule has 0 radical (unpaired) electrons. The van der Waals surface area contributed by atoms with Gasteiger partial charge in [0, 0.05) is 18.4 Å². The second-order valence-corrected chi connectivity index (χ2v) is 8.37. The van der Waals surface area contributed by atoms with Gasteiger partial charge in [0.1, 0.15) is 4.88 Å². The minimum Gasteiger partial charge on any atom is -0.316 e. The van der Waals surface area contributed by atoms with E-state index in [4.69, 9.17) is 0 Å². The fraction of sp³-hybridized carbons (Fsp3) is 0.250. The lowest BCUT2D eigenvalue weighted by Crippen LogP contribution is -2.18. The normalized spacial score (nSPS) is 12.0. The third-order valence-corrected chi connectivity index (χ3v) is 6.19. The molecule has 0 aliphatic heterocycles. The van der Waals surface area contributed by atoms with Crippen LogP contribution in [0.2, 0.25) is 0 Å². The van der Waals surface area contributed by atoms with Crippen LogP contribution in [0.15, 0.2) is 35.3 Å². The summed E-state index contributed by atoms with van der Waals surface area (Å²) in [7, 11) is 0. The second-order valence-electron chi connectivity index (χ2n) is 5.31. The molecule has 0 unspecified atom stereocenters. The maximum Gasteiger partial charge on any atom is 0.324 e. The van der Waals surface area contributed by atoms with Gasteiger partial charge in [-0.15, -0.1) is 0 Å². The van der Waals surface area contributed by atoms with E-state index in [2.05, 4.69) is 11.1 Å². The molecule has 0 atom stereocenters. The van der Waals surface area contributed by atoms with E-state index in [1.165, 1.54) is 23.5 Å². The zero-order chi connectivity index (χ0) is 18.0. The monoisotopic (exact) mass is 393 g/mol. The number of thioether (sulfide) groups is 1. The largest absolute Gasteiger partial charge is 0.324 e. The molecule has 0 aliphatic rings. The van der Waals surface area contributed by atoms with Gasteiger partial charge >= 0.3 is 5.00 Å². The van der Waals surface area contributed by atoms with Gasteiger partial charge in [0.25, 0.3) is 5.91 Å². The molecular weight excluding hydrogens is 378 g/mol. The molecule has 3 aromatic rings. The van der Waals surface area contributed by atoms with E-state index in [9.17, 15) is 14.9 Å². The first-order chi connectivity index (χ1) is 12.0. The van der Waals surface area contributed by atoms with Gasteiger partial charge in [-0.05, 0) is 36.9 Å². The highest BCUT2D eigenvalue weighted by molar-refractivity contribution is 7.98. The summed E-state index contributed by atoms with van der Waals surface area (Å²) in [4.78, 5) is 27.9. The Morgan fingerprint density at radius 3 is 2.80 bits per heavy atom. The fourth-order valence-corrected chi connectivity index (χ4v) is 4.57. The van der Waals surface area contributed by atoms with Crippen molar-refractivity contribution in [3.05, 3.63) is 55.7 Å². The first-order valence-corrected chi connectivity index (χ1v) is 10.4. The van der Waals surface area contributed by atoms with Crippen LogP contribution >= 0.6 is 34.4 Å². The topological polar surface area (TPSA) is 77.5 Å². The number of hydrogen-bond donors (Lipinski definition) is 0. The van der Waals surface area contributed by atoms with Crippen molar-refractivity contribution in [2.75, 3.05) is 12.0 Å². The molecule has 0 fully saturated rings. The highest BCUT2D eigenvalue weighted by Crippen LogP contribution is 2.25. The minimum atomic E-state index is -0.498. The Balaban J connectivity index is 2.07. The van der Waals surface area contributed by atoms with Crippen molar-refractivity contribution in [3.8, 4) is 0 Å². The number of carbonyl (C=O) groups is 1. The van der Waals surface area contributed by atoms with Gasteiger partial charge in [-0.25, -0.2) is 0 Å². The van der Waals surface area contributed by atoms with Crippen LogP contribution in [0.5, 0.6) is 0 Å². The molecule has 0 bridgehead atoms. The van der Waals surface area contributed by atoms with Crippen LogP contribution in [0.25, 0.3) is 10.2 Å². The van der Waals surface area contributed by atoms with Gasteiger partial charge in [0.2, 0.25) is 0 Å². The molecule has 3 rings (SSSR count). The molecule has 0 aliphatic carbocycles. The smallest absolute Gasteiger partial charge is 0.316 e. The number of nitrogens with zero attached hydrogens (tertiary/aromatic N) is 3. The maximum absolute atomic E-state index is 12.4. The Labute approximate surface area is 156 Å². The molecular formula is C16H15N3O3S3. The third-order valence-electron chi connectivity index (χ3n) is 3.54. The van der Waals surface area contributed by atoms with Gasteiger partial charge < -0.3 is 4.57 Å². The standard InChI is InChI=1S/C16H15N3O3S3/c1-10-3-4-11-13(9-10)25-16(18(11)7-8-23-2)17-15(20)12-5-6-14(24-12)19(21)22/h3-6,9H,7-8H2,1-2H3. The molecule has 1 amide bonds. The summed E-state index contributed by atoms with van der Waals surface area (Å²) in [5.41, 5.74) is 2.20. The van der Waals surface area contributed by atoms with Crippen molar-refractivity contribution in [1.82, 2.24) is 4.57 Å². The minimum absolute atomic E-state index is 0.0548. The van der Waals surface area contributed by atoms with E-state index in [0.717, 1.165) is 39.4 Å². The number of aromatic nitrogens is 1. The first-order valence-electron chi connectivity index (χ1n) is 7.42. The van der Waals surface area contributed by atoms with Gasteiger partial charge in [-0.2, -0.15) is 16.8 Å². The van der Waals surface area contributed by atoms with Crippen LogP contribution in [0.3, 0.4) is 0 Å². The number of rotatable bonds is 5. The number of thiazole rings is 1. The zero-order valence-electron chi connectivity index (χ0n) is 13.6. The summed E-state index contributed by atoms with van der Waals surface area (Å²) in [5.74, 6) is 0.463. The Hall–Kier alpha value is -1.97. The van der Waals surface area contributed by atoms with E-state index >= 15 is 0 Å². The fourth-order valence-electron chi connectivity index (χ4n) is 2.35. The molecule has 0 spiro atoms. The zero-order valence-corrected chi connectivity index (χ0v) is 16.0. The predicted molar refractivity (Wildman–Crippen MR) is 104 cm³/mol. The quantitative estimate of drug-likeness (QED) is 0.483. The lowest BCUT2D eigenvalue weighted by molar-refractivity contribution is -0.380. The Bertz CT molecular complexity index is 1020. The summed E-state index contributed by atoms with van der Waals surface area (Å²) in [6.45, 7) is 2.78. The molecule has 0 saturated heterocycles. The number of thiophene rings is 1. The Morgan fingerprint density at radius 2 is 2.12 bits per heavy atom. The summed E-state index contributed by atoms with van der Waals surface area (Å²) in [6, 6.07) is 8.96. The molecule has 2 aromatic heterocycles. The molecule has 130 valence electrons. The average Bonchev–Trinajstić information content (AvgIpc) is 3.17. The van der Waals surface area contributed by atoms with E-state index in [1.807, 2.05) is 29.9 Å². The third kappa shape index (κ3) is 3.83. The molecule has 2 heterocycles. The van der Waals surface area contributed by atoms with Crippen molar-refractivity contribution in [2.24, 2.45) is 4.99 Å². The van der Waals surface area contributed by atoms with Crippen LogP contribution in [0.4, 0.5) is 5.00 Å². The number of nitro groups is 1. The molecule has 1 aromatic carbocycles. The number of benzene rings is 1. The Morgan fingerprint density at radius 1 is 1.32 bits per heavy atom. The van der Waals surface area contributed by atoms with Crippen molar-refractivity contribution < 1.29 is 9.72 Å². The molecule has 25 heavy (non-hydrogen) atoms. The van der Waals surface area contributed by atoms with Gasteiger partial charge in [0.15, 0.2) is 4.80 Å². The van der Waals surface area contributed by atoms with Crippen molar-refractivity contribution in [3.63, 3.8) is 0 Å². The maximum atomic E-state index is 12.4. The van der Waals surface area contributed by atoms with Gasteiger partial charge in [0.05, 0.1) is 15.1 Å². The van der Waals surface area contributed by atoms with Crippen LogP contribution in [-0.4, -0.2) is 27.4 Å². The SMILES string of the molecule is CSCCn1c(=NC(=O)c2ccc([N+](=O)[O-])s2)sc2cc(C)ccc21. The molecule has 9 heteroatoms. The number of fused-ring (bicyclic) bond motifs is 1. The summed E-state index contributed by atoms with van der Waals surface area (Å²) in [5, 5.41) is 10.7.